The van der Waals surface area contributed by atoms with Crippen LogP contribution in [0.1, 0.15) is 51.2 Å². The van der Waals surface area contributed by atoms with Crippen LogP contribution in [0, 0.1) is 6.92 Å². The first-order valence-electron chi connectivity index (χ1n) is 9.04. The predicted molar refractivity (Wildman–Crippen MR) is 108 cm³/mol. The highest BCUT2D eigenvalue weighted by Crippen LogP contribution is 2.33. The number of carbonyl (C=O) groups is 1. The van der Waals surface area contributed by atoms with Gasteiger partial charge in [-0.3, -0.25) is 9.78 Å². The van der Waals surface area contributed by atoms with E-state index in [0.717, 1.165) is 51.9 Å². The maximum atomic E-state index is 13.0. The fourth-order valence-electron chi connectivity index (χ4n) is 3.57. The number of aryl methyl sites for hydroxylation is 1. The Morgan fingerprint density at radius 1 is 1.26 bits per heavy atom. The Morgan fingerprint density at radius 2 is 2.11 bits per heavy atom. The van der Waals surface area contributed by atoms with Crippen molar-refractivity contribution in [3.63, 3.8) is 0 Å². The molecule has 4 nitrogen and oxygen atoms in total. The second-order valence-electron chi connectivity index (χ2n) is 6.75. The van der Waals surface area contributed by atoms with Crippen LogP contribution in [0.5, 0.6) is 0 Å². The van der Waals surface area contributed by atoms with E-state index >= 15 is 0 Å². The van der Waals surface area contributed by atoms with Gasteiger partial charge in [0.1, 0.15) is 4.88 Å². The molecule has 0 spiro atoms. The van der Waals surface area contributed by atoms with E-state index in [0.29, 0.717) is 6.42 Å². The minimum absolute atomic E-state index is 0.0187. The Hall–Kier alpha value is -2.24. The molecule has 4 rings (SSSR count). The van der Waals surface area contributed by atoms with Crippen molar-refractivity contribution in [2.75, 3.05) is 6.54 Å². The summed E-state index contributed by atoms with van der Waals surface area (Å²) in [5.74, 6) is 0.0656. The van der Waals surface area contributed by atoms with Gasteiger partial charge < -0.3 is 4.90 Å². The first kappa shape index (κ1) is 18.1. The van der Waals surface area contributed by atoms with Gasteiger partial charge >= 0.3 is 0 Å². The van der Waals surface area contributed by atoms with Crippen molar-refractivity contribution < 1.29 is 4.79 Å². The Morgan fingerprint density at radius 3 is 2.89 bits per heavy atom. The zero-order chi connectivity index (χ0) is 18.8. The van der Waals surface area contributed by atoms with Crippen LogP contribution in [0.25, 0.3) is 0 Å². The van der Waals surface area contributed by atoms with Crippen LogP contribution in [0.4, 0.5) is 0 Å². The molecule has 0 N–H and O–H groups in total. The van der Waals surface area contributed by atoms with E-state index in [1.165, 1.54) is 11.3 Å². The van der Waals surface area contributed by atoms with E-state index in [-0.39, 0.29) is 11.9 Å². The molecule has 6 heteroatoms. The van der Waals surface area contributed by atoms with Gasteiger partial charge in [-0.2, -0.15) is 0 Å². The lowest BCUT2D eigenvalue weighted by Crippen LogP contribution is -2.31. The molecule has 0 radical (unpaired) electrons. The maximum absolute atomic E-state index is 13.0. The van der Waals surface area contributed by atoms with Crippen LogP contribution in [0.15, 0.2) is 48.0 Å². The van der Waals surface area contributed by atoms with Crippen molar-refractivity contribution in [1.29, 1.82) is 0 Å². The summed E-state index contributed by atoms with van der Waals surface area (Å²) >= 11 is 7.70. The number of likely N-dealkylation sites (tertiary alicyclic amines) is 1. The summed E-state index contributed by atoms with van der Waals surface area (Å²) in [6, 6.07) is 13.9. The fourth-order valence-corrected chi connectivity index (χ4v) is 4.53. The number of hydrogen-bond acceptors (Lipinski definition) is 4. The van der Waals surface area contributed by atoms with Gasteiger partial charge in [0.25, 0.3) is 5.91 Å². The lowest BCUT2D eigenvalue weighted by Gasteiger charge is -2.24. The molecular weight excluding hydrogens is 378 g/mol. The van der Waals surface area contributed by atoms with Crippen LogP contribution in [-0.4, -0.2) is 27.3 Å². The first-order chi connectivity index (χ1) is 13.1. The summed E-state index contributed by atoms with van der Waals surface area (Å²) in [7, 11) is 0. The van der Waals surface area contributed by atoms with Crippen LogP contribution < -0.4 is 0 Å². The fraction of sp³-hybridized carbons (Fsp3) is 0.286. The Labute approximate surface area is 167 Å². The lowest BCUT2D eigenvalue weighted by atomic mass is 10.1. The van der Waals surface area contributed by atoms with Gasteiger partial charge in [-0.15, -0.1) is 11.3 Å². The molecule has 1 atom stereocenters. The number of hydrogen-bond donors (Lipinski definition) is 0. The molecule has 3 heterocycles. The molecule has 0 bridgehead atoms. The van der Waals surface area contributed by atoms with Crippen molar-refractivity contribution in [2.24, 2.45) is 0 Å². The van der Waals surface area contributed by atoms with E-state index < -0.39 is 0 Å². The highest BCUT2D eigenvalue weighted by Gasteiger charge is 2.33. The van der Waals surface area contributed by atoms with E-state index in [1.54, 1.807) is 5.51 Å². The smallest absolute Gasteiger partial charge is 0.266 e. The number of halogens is 1. The number of nitrogens with zero attached hydrogens (tertiary/aromatic N) is 3. The third kappa shape index (κ3) is 3.75. The van der Waals surface area contributed by atoms with Gasteiger partial charge in [0, 0.05) is 23.7 Å². The zero-order valence-electron chi connectivity index (χ0n) is 15.1. The third-order valence-corrected chi connectivity index (χ3v) is 6.24. The standard InChI is InChI=1S/C21H20ClN3OS/c1-14-20(27-13-23-14)21(26)25-11-5-10-19(25)18-9-4-7-16(24-18)12-15-6-2-3-8-17(15)22/h2-4,6-9,13,19H,5,10-12H2,1H3/t19-/m1/s1. The summed E-state index contributed by atoms with van der Waals surface area (Å²) in [6.07, 6.45) is 2.61. The van der Waals surface area contributed by atoms with Gasteiger partial charge in [0.2, 0.25) is 0 Å². The molecule has 1 amide bonds. The van der Waals surface area contributed by atoms with Crippen LogP contribution >= 0.6 is 22.9 Å². The predicted octanol–water partition coefficient (Wildman–Crippen LogP) is 5.07. The molecule has 0 saturated carbocycles. The molecule has 27 heavy (non-hydrogen) atoms. The Kier molecular flexibility index (Phi) is 5.23. The molecule has 0 aliphatic carbocycles. The van der Waals surface area contributed by atoms with Crippen molar-refractivity contribution in [3.8, 4) is 0 Å². The minimum Gasteiger partial charge on any atom is -0.329 e. The highest BCUT2D eigenvalue weighted by atomic mass is 35.5. The van der Waals surface area contributed by atoms with E-state index in [4.69, 9.17) is 16.6 Å². The number of pyridine rings is 1. The molecule has 1 aliphatic heterocycles. The van der Waals surface area contributed by atoms with E-state index in [9.17, 15) is 4.79 Å². The summed E-state index contributed by atoms with van der Waals surface area (Å²) in [5, 5.41) is 0.753. The zero-order valence-corrected chi connectivity index (χ0v) is 16.6. The second-order valence-corrected chi connectivity index (χ2v) is 8.01. The number of rotatable bonds is 4. The summed E-state index contributed by atoms with van der Waals surface area (Å²) in [6.45, 7) is 2.65. The number of thiazole rings is 1. The lowest BCUT2D eigenvalue weighted by molar-refractivity contribution is 0.0736. The van der Waals surface area contributed by atoms with Gasteiger partial charge in [-0.05, 0) is 43.5 Å². The Balaban J connectivity index is 1.58. The average Bonchev–Trinajstić information content (AvgIpc) is 3.32. The van der Waals surface area contributed by atoms with Crippen LogP contribution in [-0.2, 0) is 6.42 Å². The number of aromatic nitrogens is 2. The van der Waals surface area contributed by atoms with Gasteiger partial charge in [-0.25, -0.2) is 4.98 Å². The minimum atomic E-state index is 0.0187. The molecule has 1 aliphatic rings. The molecule has 2 aromatic heterocycles. The first-order valence-corrected chi connectivity index (χ1v) is 10.3. The molecule has 138 valence electrons. The molecule has 0 unspecified atom stereocenters. The van der Waals surface area contributed by atoms with Gasteiger partial charge in [0.05, 0.1) is 22.9 Å². The molecule has 1 aromatic carbocycles. The molecule has 1 fully saturated rings. The SMILES string of the molecule is Cc1ncsc1C(=O)N1CCC[C@@H]1c1cccc(Cc2ccccc2Cl)n1. The largest absolute Gasteiger partial charge is 0.329 e. The van der Waals surface area contributed by atoms with Crippen LogP contribution in [0.3, 0.4) is 0 Å². The highest BCUT2D eigenvalue weighted by molar-refractivity contribution is 7.11. The second kappa shape index (κ2) is 7.79. The molecular formula is C21H20ClN3OS. The quantitative estimate of drug-likeness (QED) is 0.617. The summed E-state index contributed by atoms with van der Waals surface area (Å²) < 4.78 is 0. The topological polar surface area (TPSA) is 46.1 Å². The summed E-state index contributed by atoms with van der Waals surface area (Å²) in [5.41, 5.74) is 5.51. The van der Waals surface area contributed by atoms with Gasteiger partial charge in [-0.1, -0.05) is 35.9 Å². The summed E-state index contributed by atoms with van der Waals surface area (Å²) in [4.78, 5) is 24.7. The van der Waals surface area contributed by atoms with Crippen molar-refractivity contribution in [2.45, 2.75) is 32.2 Å². The van der Waals surface area contributed by atoms with Crippen LogP contribution in [0.2, 0.25) is 5.02 Å². The van der Waals surface area contributed by atoms with Crippen molar-refractivity contribution in [1.82, 2.24) is 14.9 Å². The number of benzene rings is 1. The van der Waals surface area contributed by atoms with Gasteiger partial charge in [0.15, 0.2) is 0 Å². The number of amides is 1. The normalized spacial score (nSPS) is 16.7. The average molecular weight is 398 g/mol. The maximum Gasteiger partial charge on any atom is 0.266 e. The molecule has 3 aromatic rings. The van der Waals surface area contributed by atoms with Crippen molar-refractivity contribution >= 4 is 28.8 Å². The Bertz CT molecular complexity index is 971. The third-order valence-electron chi connectivity index (χ3n) is 4.95. The van der Waals surface area contributed by atoms with E-state index in [2.05, 4.69) is 4.98 Å². The number of carbonyl (C=O) groups excluding carboxylic acids is 1. The van der Waals surface area contributed by atoms with E-state index in [1.807, 2.05) is 54.3 Å². The van der Waals surface area contributed by atoms with Crippen molar-refractivity contribution in [3.05, 3.63) is 80.5 Å². The molecule has 1 saturated heterocycles. The monoisotopic (exact) mass is 397 g/mol.